The van der Waals surface area contributed by atoms with Crippen LogP contribution in [0.3, 0.4) is 0 Å². The van der Waals surface area contributed by atoms with Crippen LogP contribution in [-0.4, -0.2) is 15.9 Å². The molecular formula is C23H34OSi. The third-order valence-corrected chi connectivity index (χ3v) is 8.71. The lowest BCUT2D eigenvalue weighted by Crippen LogP contribution is -2.31. The summed E-state index contributed by atoms with van der Waals surface area (Å²) in [6, 6.07) is 20.6. The van der Waals surface area contributed by atoms with Gasteiger partial charge in [0.05, 0.1) is 15.9 Å². The smallest absolute Gasteiger partial charge is 0.118 e. The van der Waals surface area contributed by atoms with E-state index in [4.69, 9.17) is 4.74 Å². The zero-order valence-electron chi connectivity index (χ0n) is 16.3. The summed E-state index contributed by atoms with van der Waals surface area (Å²) in [6.45, 7) is 4.61. The second-order valence-corrected chi connectivity index (χ2v) is 10.2. The highest BCUT2D eigenvalue weighted by molar-refractivity contribution is 6.74. The summed E-state index contributed by atoms with van der Waals surface area (Å²) < 4.78 is 5.32. The maximum Gasteiger partial charge on any atom is 0.118 e. The highest BCUT2D eigenvalue weighted by Gasteiger charge is 2.17. The molecule has 2 aromatic carbocycles. The first-order valence-corrected chi connectivity index (χ1v) is 12.2. The van der Waals surface area contributed by atoms with E-state index in [0.717, 1.165) is 5.75 Å². The maximum absolute atomic E-state index is 5.32. The lowest BCUT2D eigenvalue weighted by Gasteiger charge is -2.20. The molecule has 2 aromatic rings. The molecule has 0 radical (unpaired) electrons. The fraction of sp³-hybridized carbons (Fsp3) is 0.478. The maximum atomic E-state index is 5.32. The third-order valence-electron chi connectivity index (χ3n) is 5.11. The zero-order chi connectivity index (χ0) is 17.9. The van der Waals surface area contributed by atoms with E-state index in [1.54, 1.807) is 12.3 Å². The molecule has 0 unspecified atom stereocenters. The molecule has 2 heteroatoms. The van der Waals surface area contributed by atoms with Crippen LogP contribution in [0.15, 0.2) is 48.5 Å². The standard InChI is InChI=1S/C23H34OSi/c1-4-6-10-18-25(19-11-7-5-2)23-13-9-8-12-22(23)20-14-16-21(24-3)17-15-20/h8-9,12-17,25H,4-7,10-11,18-19H2,1-3H3. The molecule has 0 aliphatic carbocycles. The fourth-order valence-corrected chi connectivity index (χ4v) is 7.18. The van der Waals surface area contributed by atoms with Crippen molar-refractivity contribution in [2.75, 3.05) is 7.11 Å². The Morgan fingerprint density at radius 1 is 0.760 bits per heavy atom. The largest absolute Gasteiger partial charge is 0.497 e. The molecule has 0 fully saturated rings. The van der Waals surface area contributed by atoms with Crippen molar-refractivity contribution in [3.05, 3.63) is 48.5 Å². The van der Waals surface area contributed by atoms with Gasteiger partial charge in [0.1, 0.15) is 5.75 Å². The molecule has 0 saturated heterocycles. The average Bonchev–Trinajstić information content (AvgIpc) is 2.67. The number of hydrogen-bond donors (Lipinski definition) is 0. The van der Waals surface area contributed by atoms with Crippen LogP contribution in [-0.2, 0) is 0 Å². The molecule has 136 valence electrons. The van der Waals surface area contributed by atoms with E-state index < -0.39 is 8.80 Å². The lowest BCUT2D eigenvalue weighted by atomic mass is 10.1. The van der Waals surface area contributed by atoms with E-state index in [9.17, 15) is 0 Å². The molecule has 0 aliphatic rings. The van der Waals surface area contributed by atoms with Gasteiger partial charge >= 0.3 is 0 Å². The van der Waals surface area contributed by atoms with Crippen molar-refractivity contribution in [2.45, 2.75) is 64.5 Å². The van der Waals surface area contributed by atoms with Crippen molar-refractivity contribution in [2.24, 2.45) is 0 Å². The Labute approximate surface area is 156 Å². The van der Waals surface area contributed by atoms with Crippen molar-refractivity contribution < 1.29 is 4.74 Å². The minimum Gasteiger partial charge on any atom is -0.497 e. The Hall–Kier alpha value is -1.54. The molecule has 0 saturated carbocycles. The van der Waals surface area contributed by atoms with E-state index in [2.05, 4.69) is 62.4 Å². The zero-order valence-corrected chi connectivity index (χ0v) is 17.4. The van der Waals surface area contributed by atoms with Gasteiger partial charge in [-0.25, -0.2) is 0 Å². The minimum atomic E-state index is -0.915. The summed E-state index contributed by atoms with van der Waals surface area (Å²) >= 11 is 0. The van der Waals surface area contributed by atoms with E-state index in [-0.39, 0.29) is 0 Å². The molecule has 0 amide bonds. The van der Waals surface area contributed by atoms with Crippen LogP contribution >= 0.6 is 0 Å². The first-order chi connectivity index (χ1) is 12.3. The summed E-state index contributed by atoms with van der Waals surface area (Å²) in [5.74, 6) is 0.931. The molecule has 0 spiro atoms. The van der Waals surface area contributed by atoms with Crippen molar-refractivity contribution in [3.63, 3.8) is 0 Å². The van der Waals surface area contributed by atoms with Gasteiger partial charge in [0, 0.05) is 0 Å². The van der Waals surface area contributed by atoms with Gasteiger partial charge in [0.2, 0.25) is 0 Å². The molecule has 0 aliphatic heterocycles. The van der Waals surface area contributed by atoms with Gasteiger partial charge in [-0.05, 0) is 23.3 Å². The molecule has 1 nitrogen and oxygen atoms in total. The highest BCUT2D eigenvalue weighted by atomic mass is 28.3. The number of hydrogen-bond acceptors (Lipinski definition) is 1. The molecule has 25 heavy (non-hydrogen) atoms. The van der Waals surface area contributed by atoms with Crippen molar-refractivity contribution in [1.82, 2.24) is 0 Å². The molecule has 0 bridgehead atoms. The van der Waals surface area contributed by atoms with Gasteiger partial charge in [-0.15, -0.1) is 0 Å². The Kier molecular flexibility index (Phi) is 8.82. The average molecular weight is 355 g/mol. The first kappa shape index (κ1) is 19.8. The summed E-state index contributed by atoms with van der Waals surface area (Å²) in [4.78, 5) is 0. The highest BCUT2D eigenvalue weighted by Crippen LogP contribution is 2.23. The predicted molar refractivity (Wildman–Crippen MR) is 114 cm³/mol. The molecule has 0 aromatic heterocycles. The quantitative estimate of drug-likeness (QED) is 0.346. The van der Waals surface area contributed by atoms with Crippen LogP contribution < -0.4 is 9.92 Å². The van der Waals surface area contributed by atoms with Gasteiger partial charge in [0.15, 0.2) is 0 Å². The summed E-state index contributed by atoms with van der Waals surface area (Å²) in [5, 5.41) is 1.67. The van der Waals surface area contributed by atoms with Crippen LogP contribution in [0, 0.1) is 0 Å². The van der Waals surface area contributed by atoms with Crippen LogP contribution in [0.5, 0.6) is 5.75 Å². The van der Waals surface area contributed by atoms with E-state index >= 15 is 0 Å². The number of rotatable bonds is 11. The fourth-order valence-electron chi connectivity index (χ4n) is 3.62. The number of benzene rings is 2. The van der Waals surface area contributed by atoms with Gasteiger partial charge < -0.3 is 4.74 Å². The molecular weight excluding hydrogens is 320 g/mol. The van der Waals surface area contributed by atoms with E-state index in [0.29, 0.717) is 0 Å². The SMILES string of the molecule is CCCCC[SiH](CCCCC)c1ccccc1-c1ccc(OC)cc1. The van der Waals surface area contributed by atoms with Crippen LogP contribution in [0.2, 0.25) is 12.1 Å². The molecule has 0 atom stereocenters. The van der Waals surface area contributed by atoms with Crippen molar-refractivity contribution in [3.8, 4) is 16.9 Å². The van der Waals surface area contributed by atoms with Gasteiger partial charge in [-0.1, -0.05) is 106 Å². The van der Waals surface area contributed by atoms with Crippen LogP contribution in [0.1, 0.15) is 52.4 Å². The second kappa shape index (κ2) is 11.1. The minimum absolute atomic E-state index is 0.915. The summed E-state index contributed by atoms with van der Waals surface area (Å²) in [6.07, 6.45) is 8.18. The number of unbranched alkanes of at least 4 members (excludes halogenated alkanes) is 4. The van der Waals surface area contributed by atoms with Crippen molar-refractivity contribution >= 4 is 14.0 Å². The normalized spacial score (nSPS) is 11.0. The van der Waals surface area contributed by atoms with Gasteiger partial charge in [0.25, 0.3) is 0 Å². The lowest BCUT2D eigenvalue weighted by molar-refractivity contribution is 0.415. The number of methoxy groups -OCH3 is 1. The Bertz CT molecular complexity index is 596. The van der Waals surface area contributed by atoms with Gasteiger partial charge in [-0.2, -0.15) is 0 Å². The monoisotopic (exact) mass is 354 g/mol. The van der Waals surface area contributed by atoms with Crippen LogP contribution in [0.4, 0.5) is 0 Å². The van der Waals surface area contributed by atoms with Gasteiger partial charge in [-0.3, -0.25) is 0 Å². The van der Waals surface area contributed by atoms with E-state index in [1.807, 2.05) is 0 Å². The summed E-state index contributed by atoms with van der Waals surface area (Å²) in [7, 11) is 0.814. The van der Waals surface area contributed by atoms with Crippen molar-refractivity contribution in [1.29, 1.82) is 0 Å². The molecule has 2 rings (SSSR count). The third kappa shape index (κ3) is 6.04. The first-order valence-electron chi connectivity index (χ1n) is 10.0. The topological polar surface area (TPSA) is 9.23 Å². The Balaban J connectivity index is 2.25. The summed E-state index contributed by atoms with van der Waals surface area (Å²) in [5.41, 5.74) is 2.79. The number of ether oxygens (including phenoxy) is 1. The Morgan fingerprint density at radius 2 is 1.36 bits per heavy atom. The second-order valence-electron chi connectivity index (χ2n) is 7.00. The predicted octanol–water partition coefficient (Wildman–Crippen LogP) is 6.18. The molecule has 0 heterocycles. The molecule has 0 N–H and O–H groups in total. The Morgan fingerprint density at radius 3 is 1.92 bits per heavy atom. The van der Waals surface area contributed by atoms with Crippen LogP contribution in [0.25, 0.3) is 11.1 Å². The van der Waals surface area contributed by atoms with E-state index in [1.165, 1.54) is 61.7 Å².